The van der Waals surface area contributed by atoms with Gasteiger partial charge in [-0.15, -0.1) is 0 Å². The van der Waals surface area contributed by atoms with E-state index in [4.69, 9.17) is 10.6 Å². The van der Waals surface area contributed by atoms with E-state index >= 15 is 4.39 Å². The van der Waals surface area contributed by atoms with Crippen LogP contribution in [0.25, 0.3) is 10.9 Å². The second-order valence-electron chi connectivity index (χ2n) is 8.96. The Balaban J connectivity index is 1.70. The Morgan fingerprint density at radius 1 is 1.26 bits per heavy atom. The van der Waals surface area contributed by atoms with Gasteiger partial charge >= 0.3 is 0 Å². The number of para-hydroxylation sites is 1. The summed E-state index contributed by atoms with van der Waals surface area (Å²) in [5.74, 6) is 5.20. The number of fused-ring (bicyclic) bond motifs is 1. The number of hydrogen-bond acceptors (Lipinski definition) is 6. The van der Waals surface area contributed by atoms with Crippen molar-refractivity contribution in [1.82, 2.24) is 9.88 Å². The van der Waals surface area contributed by atoms with Crippen LogP contribution in [0.3, 0.4) is 0 Å². The van der Waals surface area contributed by atoms with Crippen LogP contribution in [0.5, 0.6) is 5.75 Å². The van der Waals surface area contributed by atoms with Gasteiger partial charge in [0.1, 0.15) is 11.3 Å². The van der Waals surface area contributed by atoms with Gasteiger partial charge in [0.15, 0.2) is 11.6 Å². The third-order valence-electron chi connectivity index (χ3n) is 6.51. The van der Waals surface area contributed by atoms with E-state index in [0.29, 0.717) is 35.7 Å². The number of hydrogen-bond donors (Lipinski definition) is 2. The second-order valence-corrected chi connectivity index (χ2v) is 8.96. The normalized spacial score (nSPS) is 18.2. The van der Waals surface area contributed by atoms with Gasteiger partial charge in [0.05, 0.1) is 23.7 Å². The maximum Gasteiger partial charge on any atom is 0.277 e. The third-order valence-corrected chi connectivity index (χ3v) is 6.51. The number of carbonyl (C=O) groups is 1. The van der Waals surface area contributed by atoms with Crippen molar-refractivity contribution in [2.45, 2.75) is 31.8 Å². The number of aromatic nitrogens is 1. The molecule has 2 fully saturated rings. The lowest BCUT2D eigenvalue weighted by molar-refractivity contribution is 0.0985. The van der Waals surface area contributed by atoms with Gasteiger partial charge in [-0.3, -0.25) is 9.59 Å². The summed E-state index contributed by atoms with van der Waals surface area (Å²) >= 11 is 0. The molecule has 1 amide bonds. The first-order valence-electron chi connectivity index (χ1n) is 11.5. The minimum atomic E-state index is -0.646. The summed E-state index contributed by atoms with van der Waals surface area (Å²) in [6.07, 6.45) is 3.35. The van der Waals surface area contributed by atoms with E-state index in [9.17, 15) is 9.59 Å². The number of anilines is 2. The van der Waals surface area contributed by atoms with Crippen molar-refractivity contribution in [3.8, 4) is 5.75 Å². The van der Waals surface area contributed by atoms with Crippen LogP contribution in [-0.2, 0) is 0 Å². The number of benzene rings is 2. The molecule has 1 saturated carbocycles. The lowest BCUT2D eigenvalue weighted by Gasteiger charge is -2.35. The molecule has 1 atom stereocenters. The zero-order valence-corrected chi connectivity index (χ0v) is 19.3. The van der Waals surface area contributed by atoms with Crippen LogP contribution in [0, 0.1) is 5.82 Å². The molecule has 1 aliphatic heterocycles. The Hall–Kier alpha value is -3.43. The highest BCUT2D eigenvalue weighted by Crippen LogP contribution is 2.43. The summed E-state index contributed by atoms with van der Waals surface area (Å²) in [7, 11) is 1.49. The Morgan fingerprint density at radius 3 is 2.65 bits per heavy atom. The van der Waals surface area contributed by atoms with Crippen molar-refractivity contribution < 1.29 is 13.9 Å². The maximum atomic E-state index is 15.6. The standard InChI is InChI=1S/C25H28FN5O3/c1-15-13-29(11-10-28-15)22-20(26)12-18-21(24(22)34-2)30(16-8-9-16)14-19(23(18)32)25(33)31(27)17-6-4-3-5-7-17/h3-7,12,14-16,28H,8-11,13,27H2,1-2H3. The maximum absolute atomic E-state index is 15.6. The molecule has 0 spiro atoms. The molecule has 3 aromatic rings. The number of rotatable bonds is 5. The summed E-state index contributed by atoms with van der Waals surface area (Å²) in [6, 6.07) is 10.2. The van der Waals surface area contributed by atoms with Gasteiger partial charge in [0.25, 0.3) is 5.91 Å². The molecule has 1 aliphatic carbocycles. The SMILES string of the molecule is COc1c(N2CCNC(C)C2)c(F)cc2c(=O)c(C(=O)N(N)c3ccccc3)cn(C3CC3)c12. The molecule has 1 unspecified atom stereocenters. The van der Waals surface area contributed by atoms with Crippen LogP contribution in [0.1, 0.15) is 36.2 Å². The molecule has 34 heavy (non-hydrogen) atoms. The number of hydrazine groups is 1. The van der Waals surface area contributed by atoms with E-state index in [-0.39, 0.29) is 23.0 Å². The Labute approximate surface area is 196 Å². The largest absolute Gasteiger partial charge is 0.492 e. The fraction of sp³-hybridized carbons (Fsp3) is 0.360. The van der Waals surface area contributed by atoms with Crippen LogP contribution in [0.2, 0.25) is 0 Å². The summed E-state index contributed by atoms with van der Waals surface area (Å²) < 4.78 is 23.2. The first-order chi connectivity index (χ1) is 16.4. The first-order valence-corrected chi connectivity index (χ1v) is 11.5. The fourth-order valence-electron chi connectivity index (χ4n) is 4.70. The fourth-order valence-corrected chi connectivity index (χ4v) is 4.70. The summed E-state index contributed by atoms with van der Waals surface area (Å²) in [5.41, 5.74) is 0.645. The number of piperazine rings is 1. The lowest BCUT2D eigenvalue weighted by atomic mass is 10.1. The molecule has 8 nitrogen and oxygen atoms in total. The number of amides is 1. The van der Waals surface area contributed by atoms with E-state index in [1.807, 2.05) is 22.5 Å². The average molecular weight is 466 g/mol. The number of carbonyl (C=O) groups excluding carboxylic acids is 1. The number of halogens is 1. The average Bonchev–Trinajstić information content (AvgIpc) is 3.69. The molecule has 178 valence electrons. The Kier molecular flexibility index (Phi) is 5.75. The molecule has 0 bridgehead atoms. The molecule has 0 radical (unpaired) electrons. The molecule has 5 rings (SSSR count). The van der Waals surface area contributed by atoms with Gasteiger partial charge in [-0.25, -0.2) is 15.2 Å². The van der Waals surface area contributed by atoms with Crippen LogP contribution in [-0.4, -0.2) is 43.3 Å². The van der Waals surface area contributed by atoms with Crippen molar-refractivity contribution in [3.63, 3.8) is 0 Å². The van der Waals surface area contributed by atoms with Gasteiger partial charge in [-0.2, -0.15) is 0 Å². The molecule has 2 aromatic carbocycles. The third kappa shape index (κ3) is 3.80. The van der Waals surface area contributed by atoms with Gasteiger partial charge < -0.3 is 19.5 Å². The molecular formula is C25H28FN5O3. The highest BCUT2D eigenvalue weighted by Gasteiger charge is 2.32. The smallest absolute Gasteiger partial charge is 0.277 e. The topological polar surface area (TPSA) is 92.8 Å². The van der Waals surface area contributed by atoms with Crippen LogP contribution in [0.15, 0.2) is 47.4 Å². The number of pyridine rings is 1. The molecule has 9 heteroatoms. The van der Waals surface area contributed by atoms with Crippen molar-refractivity contribution in [2.24, 2.45) is 5.84 Å². The van der Waals surface area contributed by atoms with E-state index in [1.54, 1.807) is 30.5 Å². The van der Waals surface area contributed by atoms with Crippen molar-refractivity contribution >= 4 is 28.2 Å². The molecule has 1 aromatic heterocycles. The molecule has 3 N–H and O–H groups in total. The van der Waals surface area contributed by atoms with E-state index in [0.717, 1.165) is 24.4 Å². The summed E-state index contributed by atoms with van der Waals surface area (Å²) in [4.78, 5) is 28.7. The number of nitrogens with one attached hydrogen (secondary N) is 1. The number of methoxy groups -OCH3 is 1. The van der Waals surface area contributed by atoms with Crippen molar-refractivity contribution in [1.29, 1.82) is 0 Å². The molecule has 1 saturated heterocycles. The van der Waals surface area contributed by atoms with E-state index in [2.05, 4.69) is 5.32 Å². The zero-order chi connectivity index (χ0) is 24.0. The Morgan fingerprint density at radius 2 is 2.00 bits per heavy atom. The van der Waals surface area contributed by atoms with Crippen molar-refractivity contribution in [2.75, 3.05) is 36.7 Å². The summed E-state index contributed by atoms with van der Waals surface area (Å²) in [5, 5.41) is 4.41. The van der Waals surface area contributed by atoms with E-state index in [1.165, 1.54) is 13.2 Å². The quantitative estimate of drug-likeness (QED) is 0.342. The number of nitrogens with two attached hydrogens (primary N) is 1. The highest BCUT2D eigenvalue weighted by molar-refractivity contribution is 6.07. The minimum Gasteiger partial charge on any atom is -0.492 e. The molecule has 2 heterocycles. The van der Waals surface area contributed by atoms with Crippen molar-refractivity contribution in [3.05, 3.63) is 64.2 Å². The molecule has 2 aliphatic rings. The molecular weight excluding hydrogens is 437 g/mol. The second kappa shape index (κ2) is 8.73. The zero-order valence-electron chi connectivity index (χ0n) is 19.3. The van der Waals surface area contributed by atoms with Crippen LogP contribution < -0.4 is 31.2 Å². The minimum absolute atomic E-state index is 0.101. The first kappa shape index (κ1) is 22.4. The van der Waals surface area contributed by atoms with Crippen LogP contribution >= 0.6 is 0 Å². The van der Waals surface area contributed by atoms with E-state index < -0.39 is 17.2 Å². The monoisotopic (exact) mass is 465 g/mol. The van der Waals surface area contributed by atoms with Gasteiger partial charge in [0.2, 0.25) is 5.43 Å². The van der Waals surface area contributed by atoms with Gasteiger partial charge in [-0.05, 0) is 38.0 Å². The van der Waals surface area contributed by atoms with Gasteiger partial charge in [-0.1, -0.05) is 18.2 Å². The predicted molar refractivity (Wildman–Crippen MR) is 130 cm³/mol. The van der Waals surface area contributed by atoms with Gasteiger partial charge in [0, 0.05) is 37.9 Å². The number of ether oxygens (including phenoxy) is 1. The summed E-state index contributed by atoms with van der Waals surface area (Å²) in [6.45, 7) is 3.99. The highest BCUT2D eigenvalue weighted by atomic mass is 19.1. The lowest BCUT2D eigenvalue weighted by Crippen LogP contribution is -2.49. The Bertz CT molecular complexity index is 1310. The van der Waals surface area contributed by atoms with Crippen LogP contribution in [0.4, 0.5) is 15.8 Å². The predicted octanol–water partition coefficient (Wildman–Crippen LogP) is 2.80. The number of nitrogens with zero attached hydrogens (tertiary/aromatic N) is 3.